The standard InChI is InChI=1S/C12H19N/c1-2-4-8-12(7-3-1)11-13-9-5-6-10-13/h1,3,7H,2,4-6,8-11H2. The van der Waals surface area contributed by atoms with Crippen molar-refractivity contribution in [1.82, 2.24) is 4.90 Å². The average Bonchev–Trinajstić information content (AvgIpc) is 2.49. The van der Waals surface area contributed by atoms with E-state index in [1.807, 2.05) is 0 Å². The molecule has 0 spiro atoms. The van der Waals surface area contributed by atoms with Gasteiger partial charge in [0.25, 0.3) is 0 Å². The summed E-state index contributed by atoms with van der Waals surface area (Å²) in [5.74, 6) is 0. The average molecular weight is 177 g/mol. The maximum atomic E-state index is 2.59. The summed E-state index contributed by atoms with van der Waals surface area (Å²) in [4.78, 5) is 2.59. The predicted octanol–water partition coefficient (Wildman–Crippen LogP) is 2.75. The number of hydrogen-bond acceptors (Lipinski definition) is 1. The molecule has 72 valence electrons. The van der Waals surface area contributed by atoms with Crippen LogP contribution in [-0.4, -0.2) is 24.5 Å². The number of hydrogen-bond donors (Lipinski definition) is 0. The van der Waals surface area contributed by atoms with Crippen LogP contribution in [0.5, 0.6) is 0 Å². The van der Waals surface area contributed by atoms with E-state index in [-0.39, 0.29) is 0 Å². The van der Waals surface area contributed by atoms with Crippen molar-refractivity contribution in [3.05, 3.63) is 23.8 Å². The van der Waals surface area contributed by atoms with Crippen molar-refractivity contribution in [3.63, 3.8) is 0 Å². The first-order chi connectivity index (χ1) is 6.45. The quantitative estimate of drug-likeness (QED) is 0.627. The lowest BCUT2D eigenvalue weighted by Crippen LogP contribution is -2.21. The summed E-state index contributed by atoms with van der Waals surface area (Å²) in [6, 6.07) is 0. The summed E-state index contributed by atoms with van der Waals surface area (Å²) >= 11 is 0. The van der Waals surface area contributed by atoms with Gasteiger partial charge in [-0.2, -0.15) is 0 Å². The second-order valence-corrected chi connectivity index (χ2v) is 4.13. The first-order valence-electron chi connectivity index (χ1n) is 5.52. The summed E-state index contributed by atoms with van der Waals surface area (Å²) < 4.78 is 0. The minimum atomic E-state index is 1.23. The van der Waals surface area contributed by atoms with Gasteiger partial charge in [-0.1, -0.05) is 23.8 Å². The summed E-state index contributed by atoms with van der Waals surface area (Å²) in [5, 5.41) is 0. The van der Waals surface area contributed by atoms with E-state index in [1.54, 1.807) is 5.57 Å². The van der Waals surface area contributed by atoms with Gasteiger partial charge < -0.3 is 0 Å². The molecule has 0 N–H and O–H groups in total. The van der Waals surface area contributed by atoms with E-state index in [0.717, 1.165) is 0 Å². The molecule has 1 heterocycles. The smallest absolute Gasteiger partial charge is 0.0195 e. The molecule has 0 aromatic carbocycles. The van der Waals surface area contributed by atoms with Crippen molar-refractivity contribution in [2.24, 2.45) is 0 Å². The van der Waals surface area contributed by atoms with Crippen molar-refractivity contribution >= 4 is 0 Å². The van der Waals surface area contributed by atoms with Crippen LogP contribution in [0, 0.1) is 0 Å². The summed E-state index contributed by atoms with van der Waals surface area (Å²) in [7, 11) is 0. The van der Waals surface area contributed by atoms with Gasteiger partial charge in [-0.25, -0.2) is 0 Å². The van der Waals surface area contributed by atoms with Crippen LogP contribution in [0.3, 0.4) is 0 Å². The van der Waals surface area contributed by atoms with Gasteiger partial charge in [-0.15, -0.1) is 0 Å². The van der Waals surface area contributed by atoms with Gasteiger partial charge in [0.05, 0.1) is 0 Å². The highest BCUT2D eigenvalue weighted by atomic mass is 15.1. The molecule has 1 fully saturated rings. The SMILES string of the molecule is C1=CCCCC(CN2CCCC2)=C1. The van der Waals surface area contributed by atoms with Gasteiger partial charge in [-0.05, 0) is 45.2 Å². The van der Waals surface area contributed by atoms with Crippen LogP contribution in [0.2, 0.25) is 0 Å². The molecule has 1 aliphatic carbocycles. The molecule has 0 amide bonds. The van der Waals surface area contributed by atoms with Crippen LogP contribution in [0.25, 0.3) is 0 Å². The van der Waals surface area contributed by atoms with E-state index in [2.05, 4.69) is 23.1 Å². The van der Waals surface area contributed by atoms with Gasteiger partial charge in [0.2, 0.25) is 0 Å². The van der Waals surface area contributed by atoms with Crippen molar-refractivity contribution < 1.29 is 0 Å². The monoisotopic (exact) mass is 177 g/mol. The second kappa shape index (κ2) is 4.61. The van der Waals surface area contributed by atoms with Crippen molar-refractivity contribution in [2.75, 3.05) is 19.6 Å². The largest absolute Gasteiger partial charge is 0.299 e. The fourth-order valence-electron chi connectivity index (χ4n) is 2.19. The number of rotatable bonds is 2. The van der Waals surface area contributed by atoms with Crippen LogP contribution in [-0.2, 0) is 0 Å². The van der Waals surface area contributed by atoms with E-state index >= 15 is 0 Å². The second-order valence-electron chi connectivity index (χ2n) is 4.13. The highest BCUT2D eigenvalue weighted by Gasteiger charge is 2.12. The van der Waals surface area contributed by atoms with E-state index < -0.39 is 0 Å². The van der Waals surface area contributed by atoms with E-state index in [1.165, 1.54) is 51.7 Å². The normalized spacial score (nSPS) is 24.5. The fraction of sp³-hybridized carbons (Fsp3) is 0.667. The number of allylic oxidation sites excluding steroid dienone is 3. The van der Waals surface area contributed by atoms with Crippen LogP contribution < -0.4 is 0 Å². The first-order valence-corrected chi connectivity index (χ1v) is 5.52. The predicted molar refractivity (Wildman–Crippen MR) is 56.7 cm³/mol. The highest BCUT2D eigenvalue weighted by molar-refractivity contribution is 5.16. The molecule has 0 aromatic heterocycles. The summed E-state index contributed by atoms with van der Waals surface area (Å²) in [5.41, 5.74) is 1.63. The maximum Gasteiger partial charge on any atom is 0.0195 e. The highest BCUT2D eigenvalue weighted by Crippen LogP contribution is 2.16. The third-order valence-electron chi connectivity index (χ3n) is 2.96. The van der Waals surface area contributed by atoms with E-state index in [4.69, 9.17) is 0 Å². The Balaban J connectivity index is 1.85. The van der Waals surface area contributed by atoms with Crippen molar-refractivity contribution in [3.8, 4) is 0 Å². The van der Waals surface area contributed by atoms with E-state index in [0.29, 0.717) is 0 Å². The van der Waals surface area contributed by atoms with Gasteiger partial charge in [-0.3, -0.25) is 4.90 Å². The van der Waals surface area contributed by atoms with Crippen molar-refractivity contribution in [2.45, 2.75) is 32.1 Å². The molecule has 1 aliphatic heterocycles. The molecule has 0 bridgehead atoms. The van der Waals surface area contributed by atoms with Crippen LogP contribution >= 0.6 is 0 Å². The Kier molecular flexibility index (Phi) is 3.20. The van der Waals surface area contributed by atoms with Gasteiger partial charge in [0, 0.05) is 6.54 Å². The molecule has 2 aliphatic rings. The molecule has 1 saturated heterocycles. The molecule has 0 saturated carbocycles. The van der Waals surface area contributed by atoms with Gasteiger partial charge in [0.15, 0.2) is 0 Å². The van der Waals surface area contributed by atoms with Gasteiger partial charge in [0.1, 0.15) is 0 Å². The zero-order chi connectivity index (χ0) is 8.93. The topological polar surface area (TPSA) is 3.24 Å². The molecule has 0 radical (unpaired) electrons. The lowest BCUT2D eigenvalue weighted by atomic mass is 10.1. The fourth-order valence-corrected chi connectivity index (χ4v) is 2.19. The van der Waals surface area contributed by atoms with Crippen LogP contribution in [0.1, 0.15) is 32.1 Å². The Bertz CT molecular complexity index is 209. The lowest BCUT2D eigenvalue weighted by molar-refractivity contribution is 0.364. The molecule has 0 atom stereocenters. The third kappa shape index (κ3) is 2.70. The number of likely N-dealkylation sites (tertiary alicyclic amines) is 1. The van der Waals surface area contributed by atoms with Crippen molar-refractivity contribution in [1.29, 1.82) is 0 Å². The molecule has 2 rings (SSSR count). The zero-order valence-electron chi connectivity index (χ0n) is 8.34. The maximum absolute atomic E-state index is 2.59. The molecule has 1 heteroatoms. The zero-order valence-corrected chi connectivity index (χ0v) is 8.34. The molecular weight excluding hydrogens is 158 g/mol. The van der Waals surface area contributed by atoms with Crippen LogP contribution in [0.4, 0.5) is 0 Å². The minimum Gasteiger partial charge on any atom is -0.299 e. The molecule has 0 unspecified atom stereocenters. The third-order valence-corrected chi connectivity index (χ3v) is 2.96. The van der Waals surface area contributed by atoms with Gasteiger partial charge >= 0.3 is 0 Å². The first kappa shape index (κ1) is 9.01. The minimum absolute atomic E-state index is 1.23. The Hall–Kier alpha value is -0.560. The molecule has 0 aromatic rings. The Morgan fingerprint density at radius 3 is 2.85 bits per heavy atom. The lowest BCUT2D eigenvalue weighted by Gasteiger charge is -2.16. The number of nitrogens with zero attached hydrogens (tertiary/aromatic N) is 1. The molecular formula is C12H19N. The Morgan fingerprint density at radius 2 is 2.00 bits per heavy atom. The summed E-state index contributed by atoms with van der Waals surface area (Å²) in [6.45, 7) is 3.87. The Morgan fingerprint density at radius 1 is 1.15 bits per heavy atom. The molecule has 13 heavy (non-hydrogen) atoms. The van der Waals surface area contributed by atoms with E-state index in [9.17, 15) is 0 Å². The van der Waals surface area contributed by atoms with Crippen LogP contribution in [0.15, 0.2) is 23.8 Å². The Labute approximate surface area is 81.1 Å². The summed E-state index contributed by atoms with van der Waals surface area (Å²) in [6.07, 6.45) is 13.6. The molecule has 1 nitrogen and oxygen atoms in total.